The maximum atomic E-state index is 10.5. The van der Waals surface area contributed by atoms with Gasteiger partial charge in [-0.05, 0) is 23.6 Å². The van der Waals surface area contributed by atoms with E-state index in [0.717, 1.165) is 11.8 Å². The highest BCUT2D eigenvalue weighted by Gasteiger charge is 1.97. The van der Waals surface area contributed by atoms with E-state index in [1.54, 1.807) is 18.2 Å². The minimum atomic E-state index is 0.428. The van der Waals surface area contributed by atoms with Gasteiger partial charge in [-0.2, -0.15) is 0 Å². The molecule has 0 spiro atoms. The summed E-state index contributed by atoms with van der Waals surface area (Å²) in [5, 5.41) is 3.93. The van der Waals surface area contributed by atoms with E-state index in [1.807, 2.05) is 12.2 Å². The fraction of sp³-hybridized carbons (Fsp3) is 0.182. The molecule has 0 fully saturated rings. The lowest BCUT2D eigenvalue weighted by Crippen LogP contribution is -1.82. The van der Waals surface area contributed by atoms with Crippen LogP contribution in [0.1, 0.15) is 22.3 Å². The summed E-state index contributed by atoms with van der Waals surface area (Å²) in [5.74, 6) is 0. The van der Waals surface area contributed by atoms with Crippen LogP contribution in [0.4, 0.5) is 0 Å². The van der Waals surface area contributed by atoms with Gasteiger partial charge in [-0.1, -0.05) is 41.0 Å². The fourth-order valence-electron chi connectivity index (χ4n) is 1.14. The average molecular weight is 236 g/mol. The molecule has 0 unspecified atom stereocenters. The van der Waals surface area contributed by atoms with Gasteiger partial charge in [0.1, 0.15) is 6.29 Å². The fourth-order valence-corrected chi connectivity index (χ4v) is 1.39. The van der Waals surface area contributed by atoms with E-state index in [2.05, 4.69) is 10.0 Å². The van der Waals surface area contributed by atoms with Crippen molar-refractivity contribution in [2.45, 2.75) is 6.42 Å². The molecule has 1 aromatic rings. The molecule has 0 aliphatic heterocycles. The number of benzene rings is 1. The van der Waals surface area contributed by atoms with Crippen molar-refractivity contribution in [1.29, 1.82) is 0 Å². The molecule has 0 atom stereocenters. The third kappa shape index (κ3) is 3.77. The van der Waals surface area contributed by atoms with E-state index < -0.39 is 0 Å². The molecular formula is C11H10ClN3O. The van der Waals surface area contributed by atoms with Crippen molar-refractivity contribution in [3.8, 4) is 0 Å². The molecule has 1 rings (SSSR count). The van der Waals surface area contributed by atoms with Crippen LogP contribution in [0, 0.1) is 0 Å². The Morgan fingerprint density at radius 2 is 2.31 bits per heavy atom. The van der Waals surface area contributed by atoms with Gasteiger partial charge in [-0.15, -0.1) is 0 Å². The van der Waals surface area contributed by atoms with Crippen LogP contribution in [0.3, 0.4) is 0 Å². The predicted octanol–water partition coefficient (Wildman–Crippen LogP) is 3.87. The Labute approximate surface area is 98.2 Å². The standard InChI is InChI=1S/C11H10ClN3O/c12-11-7-9(8-16)4-5-10(11)3-1-2-6-14-15-13/h1,3-5,7-8H,2,6H2. The van der Waals surface area contributed by atoms with Crippen LogP contribution >= 0.6 is 11.6 Å². The second-order valence-electron chi connectivity index (χ2n) is 3.04. The molecule has 1 aromatic carbocycles. The SMILES string of the molecule is [N-]=[N+]=NCCC=Cc1ccc(C=O)cc1Cl. The van der Waals surface area contributed by atoms with E-state index in [4.69, 9.17) is 17.1 Å². The molecule has 0 N–H and O–H groups in total. The summed E-state index contributed by atoms with van der Waals surface area (Å²) in [7, 11) is 0. The van der Waals surface area contributed by atoms with Gasteiger partial charge in [-0.3, -0.25) is 4.79 Å². The first kappa shape index (κ1) is 12.3. The summed E-state index contributed by atoms with van der Waals surface area (Å²) < 4.78 is 0. The molecule has 0 aromatic heterocycles. The zero-order valence-electron chi connectivity index (χ0n) is 8.51. The minimum absolute atomic E-state index is 0.428. The van der Waals surface area contributed by atoms with E-state index >= 15 is 0 Å². The van der Waals surface area contributed by atoms with Gasteiger partial charge in [0.15, 0.2) is 0 Å². The predicted molar refractivity (Wildman–Crippen MR) is 64.5 cm³/mol. The first-order valence-corrected chi connectivity index (χ1v) is 5.08. The maximum Gasteiger partial charge on any atom is 0.150 e. The van der Waals surface area contributed by atoms with Crippen LogP contribution in [-0.2, 0) is 0 Å². The van der Waals surface area contributed by atoms with Gasteiger partial charge in [0, 0.05) is 22.0 Å². The monoisotopic (exact) mass is 235 g/mol. The quantitative estimate of drug-likeness (QED) is 0.251. The number of aldehydes is 1. The van der Waals surface area contributed by atoms with Crippen LogP contribution < -0.4 is 0 Å². The number of hydrogen-bond donors (Lipinski definition) is 0. The molecular weight excluding hydrogens is 226 g/mol. The Kier molecular flexibility index (Phi) is 5.12. The number of hydrogen-bond acceptors (Lipinski definition) is 2. The third-order valence-electron chi connectivity index (χ3n) is 1.92. The van der Waals surface area contributed by atoms with Crippen molar-refractivity contribution in [2.75, 3.05) is 6.54 Å². The molecule has 0 saturated carbocycles. The molecule has 16 heavy (non-hydrogen) atoms. The molecule has 0 saturated heterocycles. The molecule has 0 amide bonds. The summed E-state index contributed by atoms with van der Waals surface area (Å²) in [6.07, 6.45) is 5.12. The van der Waals surface area contributed by atoms with E-state index in [-0.39, 0.29) is 0 Å². The zero-order chi connectivity index (χ0) is 11.8. The number of halogens is 1. The molecule has 4 nitrogen and oxygen atoms in total. The lowest BCUT2D eigenvalue weighted by atomic mass is 10.1. The van der Waals surface area contributed by atoms with Gasteiger partial charge >= 0.3 is 0 Å². The van der Waals surface area contributed by atoms with Crippen molar-refractivity contribution in [2.24, 2.45) is 5.11 Å². The van der Waals surface area contributed by atoms with Crippen molar-refractivity contribution in [3.63, 3.8) is 0 Å². The molecule has 0 radical (unpaired) electrons. The number of carbonyl (C=O) groups excluding carboxylic acids is 1. The van der Waals surface area contributed by atoms with Gasteiger partial charge in [0.25, 0.3) is 0 Å². The van der Waals surface area contributed by atoms with Crippen molar-refractivity contribution < 1.29 is 4.79 Å². The maximum absolute atomic E-state index is 10.5. The van der Waals surface area contributed by atoms with Gasteiger partial charge in [-0.25, -0.2) is 0 Å². The van der Waals surface area contributed by atoms with Crippen molar-refractivity contribution in [1.82, 2.24) is 0 Å². The lowest BCUT2D eigenvalue weighted by Gasteiger charge is -1.98. The smallest absolute Gasteiger partial charge is 0.150 e. The highest BCUT2D eigenvalue weighted by atomic mass is 35.5. The van der Waals surface area contributed by atoms with Crippen LogP contribution in [0.2, 0.25) is 5.02 Å². The van der Waals surface area contributed by atoms with Crippen molar-refractivity contribution >= 4 is 24.0 Å². The number of rotatable bonds is 5. The first-order valence-electron chi connectivity index (χ1n) is 4.70. The summed E-state index contributed by atoms with van der Waals surface area (Å²) in [4.78, 5) is 13.1. The van der Waals surface area contributed by atoms with Gasteiger partial charge < -0.3 is 0 Å². The normalized spacial score (nSPS) is 10.1. The van der Waals surface area contributed by atoms with Crippen molar-refractivity contribution in [3.05, 3.63) is 50.9 Å². The Hall–Kier alpha value is -1.77. The Morgan fingerprint density at radius 1 is 1.50 bits per heavy atom. The highest BCUT2D eigenvalue weighted by molar-refractivity contribution is 6.32. The van der Waals surface area contributed by atoms with E-state index in [1.165, 1.54) is 0 Å². The largest absolute Gasteiger partial charge is 0.298 e. The second kappa shape index (κ2) is 6.67. The van der Waals surface area contributed by atoms with Gasteiger partial charge in [0.2, 0.25) is 0 Å². The number of azide groups is 1. The Bertz CT molecular complexity index is 451. The minimum Gasteiger partial charge on any atom is -0.298 e. The molecule has 0 heterocycles. The highest BCUT2D eigenvalue weighted by Crippen LogP contribution is 2.18. The van der Waals surface area contributed by atoms with Gasteiger partial charge in [0.05, 0.1) is 0 Å². The average Bonchev–Trinajstić information content (AvgIpc) is 2.30. The molecule has 5 heteroatoms. The van der Waals surface area contributed by atoms with Crippen LogP contribution in [0.25, 0.3) is 16.5 Å². The summed E-state index contributed by atoms with van der Waals surface area (Å²) in [6, 6.07) is 5.09. The summed E-state index contributed by atoms with van der Waals surface area (Å²) >= 11 is 5.96. The first-order chi connectivity index (χ1) is 7.77. The number of nitrogens with zero attached hydrogens (tertiary/aromatic N) is 3. The molecule has 0 aliphatic rings. The summed E-state index contributed by atoms with van der Waals surface area (Å²) in [6.45, 7) is 0.428. The Morgan fingerprint density at radius 3 is 2.94 bits per heavy atom. The van der Waals surface area contributed by atoms with Crippen LogP contribution in [0.5, 0.6) is 0 Å². The summed E-state index contributed by atoms with van der Waals surface area (Å²) in [5.41, 5.74) is 9.46. The Balaban J connectivity index is 2.66. The zero-order valence-corrected chi connectivity index (χ0v) is 9.26. The molecule has 0 bridgehead atoms. The van der Waals surface area contributed by atoms with Crippen LogP contribution in [-0.4, -0.2) is 12.8 Å². The lowest BCUT2D eigenvalue weighted by molar-refractivity contribution is 0.112. The number of carbonyl (C=O) groups is 1. The van der Waals surface area contributed by atoms with E-state index in [0.29, 0.717) is 23.6 Å². The molecule has 0 aliphatic carbocycles. The topological polar surface area (TPSA) is 65.8 Å². The van der Waals surface area contributed by atoms with E-state index in [9.17, 15) is 4.79 Å². The third-order valence-corrected chi connectivity index (χ3v) is 2.24. The second-order valence-corrected chi connectivity index (χ2v) is 3.45. The van der Waals surface area contributed by atoms with Crippen LogP contribution in [0.15, 0.2) is 29.4 Å². The molecule has 82 valence electrons.